The zero-order chi connectivity index (χ0) is 17.3. The van der Waals surface area contributed by atoms with Crippen LogP contribution in [0.15, 0.2) is 60.9 Å². The molecule has 25 heavy (non-hydrogen) atoms. The second kappa shape index (κ2) is 6.33. The van der Waals surface area contributed by atoms with Crippen LogP contribution in [0.25, 0.3) is 5.65 Å². The number of benzene rings is 1. The van der Waals surface area contributed by atoms with Crippen molar-refractivity contribution in [1.82, 2.24) is 14.3 Å². The zero-order valence-corrected chi connectivity index (χ0v) is 14.1. The molecule has 3 aromatic rings. The molecule has 1 fully saturated rings. The van der Waals surface area contributed by atoms with Crippen molar-refractivity contribution in [2.24, 2.45) is 5.73 Å². The lowest BCUT2D eigenvalue weighted by Crippen LogP contribution is -2.47. The van der Waals surface area contributed by atoms with Gasteiger partial charge in [0.1, 0.15) is 5.65 Å². The van der Waals surface area contributed by atoms with Crippen LogP contribution in [0.2, 0.25) is 0 Å². The number of carbonyl (C=O) groups excluding carboxylic acids is 1. The first kappa shape index (κ1) is 15.8. The quantitative estimate of drug-likeness (QED) is 0.799. The van der Waals surface area contributed by atoms with Crippen molar-refractivity contribution < 1.29 is 4.79 Å². The van der Waals surface area contributed by atoms with Crippen LogP contribution in [0.5, 0.6) is 0 Å². The highest BCUT2D eigenvalue weighted by Crippen LogP contribution is 2.41. The van der Waals surface area contributed by atoms with Crippen molar-refractivity contribution in [1.29, 1.82) is 0 Å². The van der Waals surface area contributed by atoms with Crippen LogP contribution < -0.4 is 5.73 Å². The predicted molar refractivity (Wildman–Crippen MR) is 97.3 cm³/mol. The molecule has 128 valence electrons. The van der Waals surface area contributed by atoms with E-state index in [1.807, 2.05) is 35.4 Å². The fourth-order valence-corrected chi connectivity index (χ4v) is 3.88. The maximum atomic E-state index is 12.0. The number of likely N-dealkylation sites (tertiary alicyclic amines) is 1. The van der Waals surface area contributed by atoms with Gasteiger partial charge in [0.2, 0.25) is 5.91 Å². The summed E-state index contributed by atoms with van der Waals surface area (Å²) in [5.74, 6) is 0.0247. The number of piperidine rings is 1. The van der Waals surface area contributed by atoms with Crippen LogP contribution in [0.1, 0.15) is 24.1 Å². The summed E-state index contributed by atoms with van der Waals surface area (Å²) in [5.41, 5.74) is 8.66. The number of aromatic nitrogens is 2. The molecule has 0 unspecified atom stereocenters. The number of fused-ring (bicyclic) bond motifs is 1. The summed E-state index contributed by atoms with van der Waals surface area (Å²) in [6.07, 6.45) is 5.86. The van der Waals surface area contributed by atoms with E-state index >= 15 is 0 Å². The molecule has 5 nitrogen and oxygen atoms in total. The van der Waals surface area contributed by atoms with Gasteiger partial charge in [-0.3, -0.25) is 4.79 Å². The maximum Gasteiger partial charge on any atom is 0.236 e. The first-order valence-electron chi connectivity index (χ1n) is 8.70. The minimum Gasteiger partial charge on any atom is -0.342 e. The van der Waals surface area contributed by atoms with Crippen molar-refractivity contribution in [2.45, 2.75) is 18.3 Å². The number of carbonyl (C=O) groups is 1. The number of nitrogens with two attached hydrogens (primary N) is 1. The van der Waals surface area contributed by atoms with Crippen molar-refractivity contribution >= 4 is 11.6 Å². The molecular formula is C20H22N4O. The van der Waals surface area contributed by atoms with Gasteiger partial charge in [-0.1, -0.05) is 36.4 Å². The fraction of sp³-hybridized carbons (Fsp3) is 0.300. The molecule has 1 amide bonds. The van der Waals surface area contributed by atoms with Gasteiger partial charge in [-0.15, -0.1) is 0 Å². The van der Waals surface area contributed by atoms with Gasteiger partial charge < -0.3 is 15.0 Å². The van der Waals surface area contributed by atoms with Crippen LogP contribution in [-0.4, -0.2) is 39.8 Å². The third kappa shape index (κ3) is 2.70. The highest BCUT2D eigenvalue weighted by molar-refractivity contribution is 5.78. The molecule has 0 radical (unpaired) electrons. The minimum absolute atomic E-state index is 0.0247. The Morgan fingerprint density at radius 2 is 1.80 bits per heavy atom. The van der Waals surface area contributed by atoms with Gasteiger partial charge in [0.05, 0.1) is 12.2 Å². The van der Waals surface area contributed by atoms with Crippen molar-refractivity contribution in [3.05, 3.63) is 72.2 Å². The number of nitrogens with zero attached hydrogens (tertiary/aromatic N) is 3. The van der Waals surface area contributed by atoms with Crippen LogP contribution in [-0.2, 0) is 10.2 Å². The molecule has 2 aromatic heterocycles. The van der Waals surface area contributed by atoms with Crippen LogP contribution in [0, 0.1) is 0 Å². The maximum absolute atomic E-state index is 12.0. The lowest BCUT2D eigenvalue weighted by Gasteiger charge is -2.41. The van der Waals surface area contributed by atoms with E-state index in [9.17, 15) is 4.79 Å². The summed E-state index contributed by atoms with van der Waals surface area (Å²) in [6.45, 7) is 1.49. The number of hydrogen-bond acceptors (Lipinski definition) is 3. The predicted octanol–water partition coefficient (Wildman–Crippen LogP) is 2.20. The molecule has 5 heteroatoms. The Hall–Kier alpha value is -2.66. The zero-order valence-electron chi connectivity index (χ0n) is 14.1. The molecule has 3 heterocycles. The SMILES string of the molecule is NCC(=O)N1CCC(c2ccccc2)(c2cn3ccccc3n2)CC1. The van der Waals surface area contributed by atoms with Crippen molar-refractivity contribution in [3.63, 3.8) is 0 Å². The largest absolute Gasteiger partial charge is 0.342 e. The Balaban J connectivity index is 1.77. The highest BCUT2D eigenvalue weighted by atomic mass is 16.2. The number of pyridine rings is 1. The van der Waals surface area contributed by atoms with Crippen LogP contribution in [0.3, 0.4) is 0 Å². The molecule has 0 spiro atoms. The van der Waals surface area contributed by atoms with Gasteiger partial charge in [0, 0.05) is 30.9 Å². The summed E-state index contributed by atoms with van der Waals surface area (Å²) >= 11 is 0. The van der Waals surface area contributed by atoms with E-state index < -0.39 is 0 Å². The molecule has 1 saturated heterocycles. The molecule has 0 bridgehead atoms. The molecule has 1 aliphatic heterocycles. The Bertz CT molecular complexity index is 846. The van der Waals surface area contributed by atoms with Gasteiger partial charge in [0.25, 0.3) is 0 Å². The molecule has 0 atom stereocenters. The van der Waals surface area contributed by atoms with E-state index in [4.69, 9.17) is 10.7 Å². The first-order chi connectivity index (χ1) is 12.2. The topological polar surface area (TPSA) is 63.6 Å². The van der Waals surface area contributed by atoms with Crippen molar-refractivity contribution in [2.75, 3.05) is 19.6 Å². The average Bonchev–Trinajstić information content (AvgIpc) is 3.13. The Labute approximate surface area is 147 Å². The van der Waals surface area contributed by atoms with Crippen LogP contribution in [0.4, 0.5) is 0 Å². The number of hydrogen-bond donors (Lipinski definition) is 1. The second-order valence-corrected chi connectivity index (χ2v) is 6.63. The molecule has 2 N–H and O–H groups in total. The second-order valence-electron chi connectivity index (χ2n) is 6.63. The Morgan fingerprint density at radius 1 is 1.08 bits per heavy atom. The summed E-state index contributed by atoms with van der Waals surface area (Å²) in [6, 6.07) is 16.6. The Morgan fingerprint density at radius 3 is 2.48 bits per heavy atom. The smallest absolute Gasteiger partial charge is 0.236 e. The molecule has 4 rings (SSSR count). The molecule has 0 saturated carbocycles. The third-order valence-corrected chi connectivity index (χ3v) is 5.32. The van der Waals surface area contributed by atoms with E-state index in [-0.39, 0.29) is 17.9 Å². The molecule has 1 aromatic carbocycles. The molecule has 1 aliphatic rings. The van der Waals surface area contributed by atoms with Crippen LogP contribution >= 0.6 is 0 Å². The van der Waals surface area contributed by atoms with E-state index in [1.165, 1.54) is 5.56 Å². The van der Waals surface area contributed by atoms with E-state index in [1.54, 1.807) is 0 Å². The Kier molecular flexibility index (Phi) is 4.01. The normalized spacial score (nSPS) is 16.9. The van der Waals surface area contributed by atoms with E-state index in [0.717, 1.165) is 24.2 Å². The lowest BCUT2D eigenvalue weighted by atomic mass is 9.70. The lowest BCUT2D eigenvalue weighted by molar-refractivity contribution is -0.131. The van der Waals surface area contributed by atoms with Gasteiger partial charge in [0.15, 0.2) is 0 Å². The number of amides is 1. The average molecular weight is 334 g/mol. The molecule has 0 aliphatic carbocycles. The van der Waals surface area contributed by atoms with Gasteiger partial charge in [-0.25, -0.2) is 4.98 Å². The number of rotatable bonds is 3. The first-order valence-corrected chi connectivity index (χ1v) is 8.70. The summed E-state index contributed by atoms with van der Waals surface area (Å²) in [5, 5.41) is 0. The molecular weight excluding hydrogens is 312 g/mol. The standard InChI is InChI=1S/C20H22N4O/c21-14-19(25)23-12-9-20(10-13-23,16-6-2-1-3-7-16)17-15-24-11-5-4-8-18(24)22-17/h1-8,11,15H,9-10,12-14,21H2. The minimum atomic E-state index is -0.168. The van der Waals surface area contributed by atoms with E-state index in [2.05, 4.69) is 34.9 Å². The van der Waals surface area contributed by atoms with E-state index in [0.29, 0.717) is 13.1 Å². The van der Waals surface area contributed by atoms with Gasteiger partial charge in [-0.05, 0) is 30.5 Å². The van der Waals surface area contributed by atoms with Crippen molar-refractivity contribution in [3.8, 4) is 0 Å². The highest BCUT2D eigenvalue weighted by Gasteiger charge is 2.40. The van der Waals surface area contributed by atoms with Gasteiger partial charge in [-0.2, -0.15) is 0 Å². The summed E-state index contributed by atoms with van der Waals surface area (Å²) < 4.78 is 2.07. The summed E-state index contributed by atoms with van der Waals surface area (Å²) in [4.78, 5) is 18.8. The fourth-order valence-electron chi connectivity index (χ4n) is 3.88. The monoisotopic (exact) mass is 334 g/mol. The van der Waals surface area contributed by atoms with Gasteiger partial charge >= 0.3 is 0 Å². The number of imidazole rings is 1. The third-order valence-electron chi connectivity index (χ3n) is 5.32. The summed E-state index contributed by atoms with van der Waals surface area (Å²) in [7, 11) is 0.